The molecular formula is C12H12ClNO2. The van der Waals surface area contributed by atoms with Crippen LogP contribution in [0.25, 0.3) is 10.9 Å². The van der Waals surface area contributed by atoms with Gasteiger partial charge in [0.1, 0.15) is 5.75 Å². The van der Waals surface area contributed by atoms with Crippen molar-refractivity contribution in [1.29, 1.82) is 0 Å². The first-order valence-corrected chi connectivity index (χ1v) is 5.47. The van der Waals surface area contributed by atoms with E-state index < -0.39 is 0 Å². The molecule has 2 N–H and O–H groups in total. The Kier molecular flexibility index (Phi) is 2.64. The van der Waals surface area contributed by atoms with Crippen molar-refractivity contribution >= 4 is 22.5 Å². The molecule has 0 saturated heterocycles. The summed E-state index contributed by atoms with van der Waals surface area (Å²) >= 11 is 6.03. The number of aromatic amines is 1. The highest BCUT2D eigenvalue weighted by Gasteiger charge is 2.13. The highest BCUT2D eigenvalue weighted by Crippen LogP contribution is 2.33. The quantitative estimate of drug-likeness (QED) is 0.801. The van der Waals surface area contributed by atoms with Gasteiger partial charge in [0, 0.05) is 0 Å². The molecule has 2 rings (SSSR count). The molecule has 1 aromatic carbocycles. The van der Waals surface area contributed by atoms with Crippen LogP contribution in [0, 0.1) is 6.92 Å². The van der Waals surface area contributed by atoms with Crippen LogP contribution >= 0.6 is 11.6 Å². The Morgan fingerprint density at radius 1 is 1.44 bits per heavy atom. The van der Waals surface area contributed by atoms with Crippen molar-refractivity contribution in [2.45, 2.75) is 20.3 Å². The molecule has 3 nitrogen and oxygen atoms in total. The number of aryl methyl sites for hydroxylation is 1. The summed E-state index contributed by atoms with van der Waals surface area (Å²) in [6.45, 7) is 3.68. The Labute approximate surface area is 97.7 Å². The molecule has 0 fully saturated rings. The van der Waals surface area contributed by atoms with E-state index in [2.05, 4.69) is 4.98 Å². The first kappa shape index (κ1) is 11.0. The topological polar surface area (TPSA) is 53.1 Å². The Morgan fingerprint density at radius 2 is 2.12 bits per heavy atom. The number of aromatic hydroxyl groups is 1. The Bertz CT molecular complexity index is 616. The molecule has 0 aliphatic rings. The minimum Gasteiger partial charge on any atom is -0.507 e. The second-order valence-corrected chi connectivity index (χ2v) is 4.16. The number of rotatable bonds is 1. The second-order valence-electron chi connectivity index (χ2n) is 3.75. The normalized spacial score (nSPS) is 10.9. The van der Waals surface area contributed by atoms with Gasteiger partial charge in [-0.25, -0.2) is 0 Å². The average molecular weight is 238 g/mol. The number of nitrogens with one attached hydrogen (secondary N) is 1. The molecule has 0 aliphatic carbocycles. The molecule has 1 heterocycles. The number of hydrogen-bond acceptors (Lipinski definition) is 2. The van der Waals surface area contributed by atoms with E-state index in [1.807, 2.05) is 19.9 Å². The lowest BCUT2D eigenvalue weighted by Gasteiger charge is -2.09. The van der Waals surface area contributed by atoms with Gasteiger partial charge in [0.05, 0.1) is 21.5 Å². The number of hydrogen-bond donors (Lipinski definition) is 2. The fourth-order valence-electron chi connectivity index (χ4n) is 1.85. The molecule has 0 bridgehead atoms. The van der Waals surface area contributed by atoms with Gasteiger partial charge in [0.15, 0.2) is 0 Å². The van der Waals surface area contributed by atoms with Crippen LogP contribution in [0.4, 0.5) is 0 Å². The van der Waals surface area contributed by atoms with E-state index >= 15 is 0 Å². The highest BCUT2D eigenvalue weighted by molar-refractivity contribution is 6.36. The summed E-state index contributed by atoms with van der Waals surface area (Å²) in [5, 5.41) is 11.0. The monoisotopic (exact) mass is 237 g/mol. The number of benzene rings is 1. The molecule has 0 spiro atoms. The van der Waals surface area contributed by atoms with Crippen molar-refractivity contribution in [3.8, 4) is 5.75 Å². The number of fused-ring (bicyclic) bond motifs is 1. The standard InChI is InChI=1S/C12H12ClNO2/c1-3-7-11(15)9-8(13)5-4-6(2)10(9)14-12(7)16/h4-5H,3H2,1-2H3,(H2,14,15,16). The SMILES string of the molecule is CCc1c(O)c2c(Cl)ccc(C)c2[nH]c1=O. The third kappa shape index (κ3) is 1.48. The van der Waals surface area contributed by atoms with Gasteiger partial charge in [-0.05, 0) is 25.0 Å². The van der Waals surface area contributed by atoms with Gasteiger partial charge in [-0.15, -0.1) is 0 Å². The number of pyridine rings is 1. The molecule has 84 valence electrons. The van der Waals surface area contributed by atoms with Crippen molar-refractivity contribution < 1.29 is 5.11 Å². The van der Waals surface area contributed by atoms with Crippen LogP contribution in [0.1, 0.15) is 18.1 Å². The largest absolute Gasteiger partial charge is 0.507 e. The first-order chi connectivity index (χ1) is 7.56. The maximum absolute atomic E-state index is 11.7. The van der Waals surface area contributed by atoms with Crippen LogP contribution < -0.4 is 5.56 Å². The van der Waals surface area contributed by atoms with Gasteiger partial charge in [-0.1, -0.05) is 24.6 Å². The van der Waals surface area contributed by atoms with Gasteiger partial charge in [0.25, 0.3) is 5.56 Å². The minimum atomic E-state index is -0.252. The number of halogens is 1. The van der Waals surface area contributed by atoms with Gasteiger partial charge in [0.2, 0.25) is 0 Å². The average Bonchev–Trinajstić information content (AvgIpc) is 2.24. The fraction of sp³-hybridized carbons (Fsp3) is 0.250. The summed E-state index contributed by atoms with van der Waals surface area (Å²) in [7, 11) is 0. The van der Waals surface area contributed by atoms with E-state index in [0.717, 1.165) is 5.56 Å². The molecule has 0 amide bonds. The lowest BCUT2D eigenvalue weighted by atomic mass is 10.1. The highest BCUT2D eigenvalue weighted by atomic mass is 35.5. The summed E-state index contributed by atoms with van der Waals surface area (Å²) < 4.78 is 0. The van der Waals surface area contributed by atoms with E-state index in [0.29, 0.717) is 27.9 Å². The van der Waals surface area contributed by atoms with E-state index in [1.54, 1.807) is 6.07 Å². The van der Waals surface area contributed by atoms with E-state index in [4.69, 9.17) is 11.6 Å². The molecule has 2 aromatic rings. The first-order valence-electron chi connectivity index (χ1n) is 5.09. The van der Waals surface area contributed by atoms with Crippen LogP contribution in [0.5, 0.6) is 5.75 Å². The molecule has 0 saturated carbocycles. The zero-order chi connectivity index (χ0) is 11.9. The van der Waals surface area contributed by atoms with Crippen LogP contribution in [0.3, 0.4) is 0 Å². The summed E-state index contributed by atoms with van der Waals surface area (Å²) in [5.74, 6) is -0.00468. The summed E-state index contributed by atoms with van der Waals surface area (Å²) in [4.78, 5) is 14.4. The van der Waals surface area contributed by atoms with Crippen LogP contribution in [-0.2, 0) is 6.42 Å². The van der Waals surface area contributed by atoms with Gasteiger partial charge >= 0.3 is 0 Å². The van der Waals surface area contributed by atoms with E-state index in [9.17, 15) is 9.90 Å². The van der Waals surface area contributed by atoms with Crippen molar-refractivity contribution in [3.05, 3.63) is 38.6 Å². The molecule has 0 radical (unpaired) electrons. The van der Waals surface area contributed by atoms with Crippen LogP contribution in [-0.4, -0.2) is 10.1 Å². The summed E-state index contributed by atoms with van der Waals surface area (Å²) in [5.41, 5.74) is 1.61. The molecular weight excluding hydrogens is 226 g/mol. The van der Waals surface area contributed by atoms with Crippen LogP contribution in [0.15, 0.2) is 16.9 Å². The summed E-state index contributed by atoms with van der Waals surface area (Å²) in [6, 6.07) is 3.53. The smallest absolute Gasteiger partial charge is 0.255 e. The van der Waals surface area contributed by atoms with Crippen molar-refractivity contribution in [3.63, 3.8) is 0 Å². The Morgan fingerprint density at radius 3 is 2.75 bits per heavy atom. The zero-order valence-corrected chi connectivity index (χ0v) is 9.85. The number of aromatic nitrogens is 1. The zero-order valence-electron chi connectivity index (χ0n) is 9.10. The fourth-order valence-corrected chi connectivity index (χ4v) is 2.10. The van der Waals surface area contributed by atoms with Crippen molar-refractivity contribution in [1.82, 2.24) is 4.98 Å². The molecule has 16 heavy (non-hydrogen) atoms. The van der Waals surface area contributed by atoms with Crippen LogP contribution in [0.2, 0.25) is 5.02 Å². The van der Waals surface area contributed by atoms with Crippen molar-refractivity contribution in [2.24, 2.45) is 0 Å². The second kappa shape index (κ2) is 3.83. The lowest BCUT2D eigenvalue weighted by Crippen LogP contribution is -2.12. The maximum Gasteiger partial charge on any atom is 0.255 e. The van der Waals surface area contributed by atoms with E-state index in [-0.39, 0.29) is 11.3 Å². The van der Waals surface area contributed by atoms with Crippen molar-refractivity contribution in [2.75, 3.05) is 0 Å². The molecule has 0 unspecified atom stereocenters. The third-order valence-corrected chi connectivity index (χ3v) is 3.07. The Hall–Kier alpha value is -1.48. The summed E-state index contributed by atoms with van der Waals surface area (Å²) in [6.07, 6.45) is 0.474. The lowest BCUT2D eigenvalue weighted by molar-refractivity contribution is 0.473. The van der Waals surface area contributed by atoms with Gasteiger partial charge < -0.3 is 10.1 Å². The number of H-pyrrole nitrogens is 1. The molecule has 0 aliphatic heterocycles. The van der Waals surface area contributed by atoms with Gasteiger partial charge in [-0.3, -0.25) is 4.79 Å². The maximum atomic E-state index is 11.7. The third-order valence-electron chi connectivity index (χ3n) is 2.75. The molecule has 0 atom stereocenters. The van der Waals surface area contributed by atoms with E-state index in [1.165, 1.54) is 0 Å². The Balaban J connectivity index is 3.04. The predicted octanol–water partition coefficient (Wildman–Crippen LogP) is 2.76. The van der Waals surface area contributed by atoms with Gasteiger partial charge in [-0.2, -0.15) is 0 Å². The minimum absolute atomic E-state index is 0.00468. The molecule has 1 aromatic heterocycles. The predicted molar refractivity (Wildman–Crippen MR) is 65.4 cm³/mol. The molecule has 4 heteroatoms.